The predicted octanol–water partition coefficient (Wildman–Crippen LogP) is 3.26. The van der Waals surface area contributed by atoms with E-state index in [9.17, 15) is 9.59 Å². The molecule has 0 aliphatic heterocycles. The van der Waals surface area contributed by atoms with E-state index in [1.165, 1.54) is 30.8 Å². The van der Waals surface area contributed by atoms with Crippen LogP contribution in [0, 0.1) is 5.41 Å². The molecular weight excluding hydrogens is 394 g/mol. The van der Waals surface area contributed by atoms with Gasteiger partial charge in [0.25, 0.3) is 0 Å². The van der Waals surface area contributed by atoms with Crippen LogP contribution in [0.25, 0.3) is 0 Å². The molecule has 0 saturated carbocycles. The molecule has 1 aliphatic carbocycles. The van der Waals surface area contributed by atoms with Crippen molar-refractivity contribution in [1.29, 1.82) is 0 Å². The van der Waals surface area contributed by atoms with E-state index in [1.54, 1.807) is 21.3 Å². The van der Waals surface area contributed by atoms with Gasteiger partial charge in [-0.3, -0.25) is 4.79 Å². The maximum atomic E-state index is 10.8. The zero-order valence-electron chi connectivity index (χ0n) is 17.4. The lowest BCUT2D eigenvalue weighted by molar-refractivity contribution is -0.145. The Morgan fingerprint density at radius 1 is 1.17 bits per heavy atom. The van der Waals surface area contributed by atoms with E-state index >= 15 is 0 Å². The fourth-order valence-corrected chi connectivity index (χ4v) is 4.72. The summed E-state index contributed by atoms with van der Waals surface area (Å²) in [7, 11) is 2.62. The SMILES string of the molecule is CC1(C(=O)O)C=CC=C(C(=O)O)C1.CO[Si](CCCCc1ccc[nH]1)(OC)OC. The standard InChI is InChI=1S/C11H21NO3Si.C9H10O4/c1-13-16(14-2,15-3)10-5-4-7-11-8-6-9-12-11;1-9(8(12)13)4-2-3-6(5-9)7(10)11/h6,8-9,12H,4-5,7,10H2,1-3H3;2-4H,5H2,1H3,(H,10,11)(H,12,13). The quantitative estimate of drug-likeness (QED) is 0.389. The number of hydrogen-bond donors (Lipinski definition) is 3. The second-order valence-electron chi connectivity index (χ2n) is 6.95. The topological polar surface area (TPSA) is 118 Å². The molecule has 1 aromatic heterocycles. The van der Waals surface area contributed by atoms with Crippen molar-refractivity contribution >= 4 is 20.7 Å². The summed E-state index contributed by atoms with van der Waals surface area (Å²) in [5, 5.41) is 17.5. The molecule has 8 nitrogen and oxygen atoms in total. The Bertz CT molecular complexity index is 702. The predicted molar refractivity (Wildman–Crippen MR) is 111 cm³/mol. The Morgan fingerprint density at radius 2 is 1.83 bits per heavy atom. The van der Waals surface area contributed by atoms with Crippen LogP contribution in [0.4, 0.5) is 0 Å². The zero-order valence-corrected chi connectivity index (χ0v) is 18.4. The molecular formula is C20H31NO7Si. The van der Waals surface area contributed by atoms with Crippen molar-refractivity contribution in [2.75, 3.05) is 21.3 Å². The van der Waals surface area contributed by atoms with Crippen LogP contribution < -0.4 is 0 Å². The van der Waals surface area contributed by atoms with Gasteiger partial charge in [-0.05, 0) is 44.7 Å². The fourth-order valence-electron chi connectivity index (χ4n) is 2.92. The normalized spacial score (nSPS) is 18.6. The molecule has 29 heavy (non-hydrogen) atoms. The molecule has 0 spiro atoms. The molecule has 9 heteroatoms. The number of aliphatic carboxylic acids is 2. The van der Waals surface area contributed by atoms with Gasteiger partial charge in [0.1, 0.15) is 0 Å². The number of carboxylic acids is 2. The van der Waals surface area contributed by atoms with Crippen LogP contribution in [0.3, 0.4) is 0 Å². The van der Waals surface area contributed by atoms with Crippen LogP contribution in [-0.2, 0) is 29.3 Å². The van der Waals surface area contributed by atoms with Crippen LogP contribution >= 0.6 is 0 Å². The number of carbonyl (C=O) groups is 2. The van der Waals surface area contributed by atoms with E-state index in [1.807, 2.05) is 12.3 Å². The summed E-state index contributed by atoms with van der Waals surface area (Å²) in [5.74, 6) is -2.06. The summed E-state index contributed by atoms with van der Waals surface area (Å²) in [6.07, 6.45) is 9.62. The van der Waals surface area contributed by atoms with Gasteiger partial charge in [0.2, 0.25) is 0 Å². The third kappa shape index (κ3) is 7.62. The van der Waals surface area contributed by atoms with E-state index in [-0.39, 0.29) is 12.0 Å². The number of aromatic nitrogens is 1. The van der Waals surface area contributed by atoms with Gasteiger partial charge in [-0.15, -0.1) is 0 Å². The largest absolute Gasteiger partial charge is 0.500 e. The number of carboxylic acid groups (broad SMARTS) is 2. The van der Waals surface area contributed by atoms with Crippen molar-refractivity contribution in [2.24, 2.45) is 5.41 Å². The molecule has 0 amide bonds. The molecule has 1 heterocycles. The summed E-state index contributed by atoms with van der Waals surface area (Å²) in [6.45, 7) is 1.50. The molecule has 162 valence electrons. The number of H-pyrrole nitrogens is 1. The molecule has 0 bridgehead atoms. The number of aryl methyl sites for hydroxylation is 1. The molecule has 3 N–H and O–H groups in total. The molecule has 0 radical (unpaired) electrons. The smallest absolute Gasteiger partial charge is 0.481 e. The van der Waals surface area contributed by atoms with Crippen molar-refractivity contribution in [3.05, 3.63) is 47.8 Å². The van der Waals surface area contributed by atoms with Crippen LogP contribution in [-0.4, -0.2) is 57.3 Å². The van der Waals surface area contributed by atoms with Gasteiger partial charge in [0.15, 0.2) is 0 Å². The maximum Gasteiger partial charge on any atom is 0.500 e. The average Bonchev–Trinajstić information content (AvgIpc) is 3.23. The highest BCUT2D eigenvalue weighted by atomic mass is 28.4. The molecule has 0 aromatic carbocycles. The summed E-state index contributed by atoms with van der Waals surface area (Å²) >= 11 is 0. The monoisotopic (exact) mass is 425 g/mol. The third-order valence-electron chi connectivity index (χ3n) is 4.86. The first kappa shape index (κ1) is 24.8. The van der Waals surface area contributed by atoms with Crippen LogP contribution in [0.15, 0.2) is 42.1 Å². The first-order valence-electron chi connectivity index (χ1n) is 9.34. The van der Waals surface area contributed by atoms with Crippen molar-refractivity contribution < 1.29 is 33.1 Å². The Labute approximate surface area is 172 Å². The lowest BCUT2D eigenvalue weighted by Gasteiger charge is -2.24. The van der Waals surface area contributed by atoms with Gasteiger partial charge < -0.3 is 28.5 Å². The van der Waals surface area contributed by atoms with Gasteiger partial charge in [-0.1, -0.05) is 18.2 Å². The number of unbranched alkanes of at least 4 members (excludes halogenated alkanes) is 1. The number of allylic oxidation sites excluding steroid dienone is 2. The molecule has 2 rings (SSSR count). The second-order valence-corrected chi connectivity index (χ2v) is 10.0. The van der Waals surface area contributed by atoms with Gasteiger partial charge in [0.05, 0.1) is 5.41 Å². The van der Waals surface area contributed by atoms with Crippen molar-refractivity contribution in [3.8, 4) is 0 Å². The van der Waals surface area contributed by atoms with E-state index in [4.69, 9.17) is 23.5 Å². The number of aromatic amines is 1. The molecule has 1 aromatic rings. The van der Waals surface area contributed by atoms with Crippen LogP contribution in [0.2, 0.25) is 6.04 Å². The van der Waals surface area contributed by atoms with E-state index in [2.05, 4.69) is 11.1 Å². The number of hydrogen-bond acceptors (Lipinski definition) is 5. The summed E-state index contributed by atoms with van der Waals surface area (Å²) in [5.41, 5.74) is 0.328. The minimum absolute atomic E-state index is 0.0359. The highest BCUT2D eigenvalue weighted by Gasteiger charge is 2.36. The molecule has 1 aliphatic rings. The summed E-state index contributed by atoms with van der Waals surface area (Å²) in [4.78, 5) is 24.5. The van der Waals surface area contributed by atoms with Gasteiger partial charge >= 0.3 is 20.7 Å². The van der Waals surface area contributed by atoms with Gasteiger partial charge in [-0.25, -0.2) is 4.79 Å². The average molecular weight is 426 g/mol. The molecule has 1 unspecified atom stereocenters. The lowest BCUT2D eigenvalue weighted by atomic mass is 9.80. The second kappa shape index (κ2) is 11.7. The Morgan fingerprint density at radius 3 is 2.31 bits per heavy atom. The zero-order chi connectivity index (χ0) is 21.9. The van der Waals surface area contributed by atoms with Gasteiger partial charge in [-0.2, -0.15) is 0 Å². The van der Waals surface area contributed by atoms with Crippen molar-refractivity contribution in [1.82, 2.24) is 4.98 Å². The number of nitrogens with one attached hydrogen (secondary N) is 1. The van der Waals surface area contributed by atoms with E-state index in [0.717, 1.165) is 25.3 Å². The van der Waals surface area contributed by atoms with Crippen LogP contribution in [0.1, 0.15) is 31.9 Å². The van der Waals surface area contributed by atoms with E-state index < -0.39 is 26.2 Å². The van der Waals surface area contributed by atoms with Crippen molar-refractivity contribution in [3.63, 3.8) is 0 Å². The lowest BCUT2D eigenvalue weighted by Crippen LogP contribution is -2.42. The summed E-state index contributed by atoms with van der Waals surface area (Å²) < 4.78 is 16.1. The minimum atomic E-state index is -2.35. The molecule has 0 fully saturated rings. The van der Waals surface area contributed by atoms with Crippen molar-refractivity contribution in [2.45, 2.75) is 38.7 Å². The molecule has 0 saturated heterocycles. The summed E-state index contributed by atoms with van der Waals surface area (Å²) in [6, 6.07) is 5.00. The highest BCUT2D eigenvalue weighted by molar-refractivity contribution is 6.60. The highest BCUT2D eigenvalue weighted by Crippen LogP contribution is 2.31. The first-order chi connectivity index (χ1) is 13.7. The Kier molecular flexibility index (Phi) is 10.0. The maximum absolute atomic E-state index is 10.8. The minimum Gasteiger partial charge on any atom is -0.481 e. The number of rotatable bonds is 10. The first-order valence-corrected chi connectivity index (χ1v) is 11.3. The van der Waals surface area contributed by atoms with Crippen LogP contribution in [0.5, 0.6) is 0 Å². The fraction of sp³-hybridized carbons (Fsp3) is 0.500. The van der Waals surface area contributed by atoms with E-state index in [0.29, 0.717) is 0 Å². The Balaban J connectivity index is 0.000000296. The van der Waals surface area contributed by atoms with Gasteiger partial charge in [0, 0.05) is 44.8 Å². The molecule has 1 atom stereocenters. The third-order valence-corrected chi connectivity index (χ3v) is 7.69. The Hall–Kier alpha value is -2.20.